The van der Waals surface area contributed by atoms with E-state index in [4.69, 9.17) is 5.11 Å². The van der Waals surface area contributed by atoms with Gasteiger partial charge in [0.25, 0.3) is 0 Å². The molecule has 1 N–H and O–H groups in total. The molecule has 4 nitrogen and oxygen atoms in total. The second-order valence-corrected chi connectivity index (χ2v) is 4.57. The van der Waals surface area contributed by atoms with Crippen LogP contribution in [0.25, 0.3) is 0 Å². The topological polar surface area (TPSA) is 45.5 Å². The molecule has 4 heteroatoms. The summed E-state index contributed by atoms with van der Waals surface area (Å²) in [6, 6.07) is 4.03. The molecule has 0 aliphatic rings. The summed E-state index contributed by atoms with van der Waals surface area (Å²) < 4.78 is 1.84. The van der Waals surface area contributed by atoms with Gasteiger partial charge in [0.15, 0.2) is 5.78 Å². The number of carbonyl (C=O) groups excluding carboxylic acids is 1. The number of rotatable bonds is 7. The molecule has 17 heavy (non-hydrogen) atoms. The van der Waals surface area contributed by atoms with Gasteiger partial charge in [-0.2, -0.15) is 0 Å². The van der Waals surface area contributed by atoms with Crippen LogP contribution in [-0.2, 0) is 7.05 Å². The molecule has 0 fully saturated rings. The third-order valence-electron chi connectivity index (χ3n) is 2.91. The molecular weight excluding hydrogens is 216 g/mol. The molecule has 1 aromatic heterocycles. The average molecular weight is 238 g/mol. The van der Waals surface area contributed by atoms with E-state index in [1.807, 2.05) is 29.9 Å². The van der Waals surface area contributed by atoms with Crippen LogP contribution in [0.4, 0.5) is 0 Å². The van der Waals surface area contributed by atoms with Crippen molar-refractivity contribution in [3.8, 4) is 0 Å². The normalized spacial score (nSPS) is 11.4. The molecule has 0 saturated carbocycles. The number of Topliss-reactive ketones (excluding diaryl/α,β-unsaturated/α-hetero) is 1. The Balaban J connectivity index is 2.61. The smallest absolute Gasteiger partial charge is 0.193 e. The predicted molar refractivity (Wildman–Crippen MR) is 68.2 cm³/mol. The number of aryl methyl sites for hydroxylation is 1. The van der Waals surface area contributed by atoms with Gasteiger partial charge in [0.2, 0.25) is 0 Å². The van der Waals surface area contributed by atoms with Gasteiger partial charge in [-0.1, -0.05) is 0 Å². The van der Waals surface area contributed by atoms with E-state index in [1.165, 1.54) is 0 Å². The summed E-state index contributed by atoms with van der Waals surface area (Å²) in [6.45, 7) is 5.46. The second kappa shape index (κ2) is 6.57. The van der Waals surface area contributed by atoms with E-state index >= 15 is 0 Å². The molecule has 0 saturated heterocycles. The van der Waals surface area contributed by atoms with Gasteiger partial charge in [-0.05, 0) is 32.4 Å². The maximum Gasteiger partial charge on any atom is 0.193 e. The number of hydrogen-bond donors (Lipinski definition) is 1. The molecule has 0 aliphatic carbocycles. The highest BCUT2D eigenvalue weighted by atomic mass is 16.3. The first kappa shape index (κ1) is 13.9. The van der Waals surface area contributed by atoms with Crippen molar-refractivity contribution in [2.24, 2.45) is 7.05 Å². The van der Waals surface area contributed by atoms with Crippen molar-refractivity contribution in [1.82, 2.24) is 9.47 Å². The largest absolute Gasteiger partial charge is 0.396 e. The predicted octanol–water partition coefficient (Wildman–Crippen LogP) is 1.30. The van der Waals surface area contributed by atoms with Crippen molar-refractivity contribution in [2.45, 2.75) is 26.3 Å². The number of carbonyl (C=O) groups is 1. The molecule has 1 rings (SSSR count). The minimum Gasteiger partial charge on any atom is -0.396 e. The fourth-order valence-electron chi connectivity index (χ4n) is 1.81. The minimum absolute atomic E-state index is 0.129. The van der Waals surface area contributed by atoms with Crippen LogP contribution in [0.2, 0.25) is 0 Å². The summed E-state index contributed by atoms with van der Waals surface area (Å²) in [7, 11) is 1.88. The van der Waals surface area contributed by atoms with Gasteiger partial charge in [0.1, 0.15) is 0 Å². The first-order valence-electron chi connectivity index (χ1n) is 6.05. The summed E-state index contributed by atoms with van der Waals surface area (Å²) >= 11 is 0. The Kier molecular flexibility index (Phi) is 5.38. The van der Waals surface area contributed by atoms with E-state index in [0.717, 1.165) is 12.2 Å². The lowest BCUT2D eigenvalue weighted by Gasteiger charge is -2.25. The van der Waals surface area contributed by atoms with E-state index in [2.05, 4.69) is 18.7 Å². The number of aromatic nitrogens is 1. The Hall–Kier alpha value is -1.13. The van der Waals surface area contributed by atoms with Crippen LogP contribution in [0.5, 0.6) is 0 Å². The van der Waals surface area contributed by atoms with Gasteiger partial charge in [0.05, 0.1) is 12.2 Å². The lowest BCUT2D eigenvalue weighted by Crippen LogP contribution is -2.37. The molecule has 1 heterocycles. The van der Waals surface area contributed by atoms with E-state index in [1.54, 1.807) is 0 Å². The summed E-state index contributed by atoms with van der Waals surface area (Å²) in [5, 5.41) is 8.84. The van der Waals surface area contributed by atoms with Gasteiger partial charge in [0, 0.05) is 32.4 Å². The van der Waals surface area contributed by atoms with Crippen molar-refractivity contribution < 1.29 is 9.90 Å². The summed E-state index contributed by atoms with van der Waals surface area (Å²) in [6.07, 6.45) is 2.58. The summed E-state index contributed by atoms with van der Waals surface area (Å²) in [4.78, 5) is 14.2. The maximum absolute atomic E-state index is 12.1. The summed E-state index contributed by atoms with van der Waals surface area (Å²) in [5.74, 6) is 0.129. The zero-order chi connectivity index (χ0) is 12.8. The average Bonchev–Trinajstić information content (AvgIpc) is 2.70. The molecule has 0 amide bonds. The van der Waals surface area contributed by atoms with Gasteiger partial charge < -0.3 is 9.67 Å². The number of hydrogen-bond acceptors (Lipinski definition) is 3. The second-order valence-electron chi connectivity index (χ2n) is 4.57. The van der Waals surface area contributed by atoms with Gasteiger partial charge in [-0.25, -0.2) is 0 Å². The molecule has 1 aromatic rings. The van der Waals surface area contributed by atoms with E-state index < -0.39 is 0 Å². The number of aliphatic hydroxyl groups is 1. The number of aliphatic hydroxyl groups excluding tert-OH is 1. The monoisotopic (exact) mass is 238 g/mol. The lowest BCUT2D eigenvalue weighted by molar-refractivity contribution is 0.0888. The zero-order valence-electron chi connectivity index (χ0n) is 10.9. The maximum atomic E-state index is 12.1. The van der Waals surface area contributed by atoms with Gasteiger partial charge in [-0.15, -0.1) is 0 Å². The molecular formula is C13H22N2O2. The highest BCUT2D eigenvalue weighted by Gasteiger charge is 2.16. The minimum atomic E-state index is 0.129. The fraction of sp³-hybridized carbons (Fsp3) is 0.615. The van der Waals surface area contributed by atoms with Crippen LogP contribution >= 0.6 is 0 Å². The van der Waals surface area contributed by atoms with Gasteiger partial charge >= 0.3 is 0 Å². The van der Waals surface area contributed by atoms with Crippen LogP contribution < -0.4 is 0 Å². The quantitative estimate of drug-likeness (QED) is 0.728. The highest BCUT2D eigenvalue weighted by molar-refractivity contribution is 5.96. The van der Waals surface area contributed by atoms with Crippen LogP contribution in [0.3, 0.4) is 0 Å². The molecule has 0 spiro atoms. The van der Waals surface area contributed by atoms with Crippen molar-refractivity contribution in [1.29, 1.82) is 0 Å². The van der Waals surface area contributed by atoms with Crippen molar-refractivity contribution in [3.05, 3.63) is 24.0 Å². The molecule has 96 valence electrons. The Morgan fingerprint density at radius 3 is 2.71 bits per heavy atom. The van der Waals surface area contributed by atoms with E-state index in [-0.39, 0.29) is 12.4 Å². The third-order valence-corrected chi connectivity index (χ3v) is 2.91. The van der Waals surface area contributed by atoms with Crippen LogP contribution in [0.15, 0.2) is 18.3 Å². The van der Waals surface area contributed by atoms with E-state index in [9.17, 15) is 4.79 Å². The summed E-state index contributed by atoms with van der Waals surface area (Å²) in [5.41, 5.74) is 0.736. The standard InChI is InChI=1S/C13H22N2O2/c1-11(2)15(8-5-9-16)10-13(17)12-6-4-7-14(12)3/h4,6-7,11,16H,5,8-10H2,1-3H3. The Labute approximate surface area is 103 Å². The number of nitrogens with zero attached hydrogens (tertiary/aromatic N) is 2. The lowest BCUT2D eigenvalue weighted by atomic mass is 10.2. The van der Waals surface area contributed by atoms with Gasteiger partial charge in [-0.3, -0.25) is 9.69 Å². The van der Waals surface area contributed by atoms with Crippen molar-refractivity contribution >= 4 is 5.78 Å². The Bertz CT molecular complexity index is 358. The molecule has 0 bridgehead atoms. The SMILES string of the molecule is CC(C)N(CCCO)CC(=O)c1cccn1C. The molecule has 0 aliphatic heterocycles. The van der Waals surface area contributed by atoms with Crippen LogP contribution in [0, 0.1) is 0 Å². The van der Waals surface area contributed by atoms with E-state index in [0.29, 0.717) is 19.0 Å². The molecule has 0 aromatic carbocycles. The number of ketones is 1. The van der Waals surface area contributed by atoms with Crippen LogP contribution in [0.1, 0.15) is 30.8 Å². The third kappa shape index (κ3) is 3.98. The molecule has 0 atom stereocenters. The van der Waals surface area contributed by atoms with Crippen molar-refractivity contribution in [3.63, 3.8) is 0 Å². The Morgan fingerprint density at radius 1 is 1.53 bits per heavy atom. The first-order chi connectivity index (χ1) is 8.06. The fourth-order valence-corrected chi connectivity index (χ4v) is 1.81. The molecule has 0 unspecified atom stereocenters. The Morgan fingerprint density at radius 2 is 2.24 bits per heavy atom. The highest BCUT2D eigenvalue weighted by Crippen LogP contribution is 2.06. The van der Waals surface area contributed by atoms with Crippen LogP contribution in [-0.4, -0.2) is 46.1 Å². The van der Waals surface area contributed by atoms with Crippen molar-refractivity contribution in [2.75, 3.05) is 19.7 Å². The zero-order valence-corrected chi connectivity index (χ0v) is 10.9. The molecule has 0 radical (unpaired) electrons. The first-order valence-corrected chi connectivity index (χ1v) is 6.05.